The second kappa shape index (κ2) is 6.41. The molecule has 0 fully saturated rings. The van der Waals surface area contributed by atoms with Crippen molar-refractivity contribution in [2.45, 2.75) is 26.2 Å². The molecule has 0 atom stereocenters. The van der Waals surface area contributed by atoms with Gasteiger partial charge in [-0.1, -0.05) is 12.1 Å². The molecule has 1 aromatic rings. The van der Waals surface area contributed by atoms with Gasteiger partial charge >= 0.3 is 6.09 Å². The number of amides is 2. The van der Waals surface area contributed by atoms with Crippen molar-refractivity contribution >= 4 is 17.7 Å². The highest BCUT2D eigenvalue weighted by Crippen LogP contribution is 2.27. The largest absolute Gasteiger partial charge is 0.450 e. The lowest BCUT2D eigenvalue weighted by Crippen LogP contribution is -2.31. The van der Waals surface area contributed by atoms with Crippen LogP contribution < -0.4 is 10.2 Å². The molecule has 0 bridgehead atoms. The second-order valence-electron chi connectivity index (χ2n) is 4.81. The Bertz CT molecular complexity index is 514. The Balaban J connectivity index is 1.95. The summed E-state index contributed by atoms with van der Waals surface area (Å²) in [6.45, 7) is 2.71. The van der Waals surface area contributed by atoms with Gasteiger partial charge in [-0.15, -0.1) is 0 Å². The lowest BCUT2D eigenvalue weighted by Gasteiger charge is -2.26. The van der Waals surface area contributed by atoms with Gasteiger partial charge in [0.25, 0.3) is 0 Å². The molecule has 1 aliphatic rings. The molecular formula is C15H20N2O3. The average Bonchev–Trinajstić information content (AvgIpc) is 2.43. The molecule has 5 nitrogen and oxygen atoms in total. The van der Waals surface area contributed by atoms with Crippen LogP contribution in [0.25, 0.3) is 0 Å². The van der Waals surface area contributed by atoms with Crippen molar-refractivity contribution in [3.8, 4) is 0 Å². The number of hydrogen-bond acceptors (Lipinski definition) is 3. The maximum Gasteiger partial charge on any atom is 0.407 e. The molecule has 0 saturated heterocycles. The fourth-order valence-corrected chi connectivity index (χ4v) is 2.36. The summed E-state index contributed by atoms with van der Waals surface area (Å²) in [4.78, 5) is 24.5. The number of hydrogen-bond donors (Lipinski definition) is 1. The van der Waals surface area contributed by atoms with E-state index in [4.69, 9.17) is 4.74 Å². The minimum Gasteiger partial charge on any atom is -0.450 e. The predicted octanol–water partition coefficient (Wildman–Crippen LogP) is 1.88. The van der Waals surface area contributed by atoms with E-state index in [9.17, 15) is 9.59 Å². The molecule has 5 heteroatoms. The van der Waals surface area contributed by atoms with Crippen molar-refractivity contribution in [3.05, 3.63) is 29.3 Å². The summed E-state index contributed by atoms with van der Waals surface area (Å²) in [5.41, 5.74) is 3.34. The number of nitrogens with zero attached hydrogens (tertiary/aromatic N) is 1. The lowest BCUT2D eigenvalue weighted by atomic mass is 9.98. The Hall–Kier alpha value is -2.04. The number of ether oxygens (including phenoxy) is 1. The Morgan fingerprint density at radius 3 is 2.95 bits per heavy atom. The molecule has 108 valence electrons. The van der Waals surface area contributed by atoms with Crippen molar-refractivity contribution in [3.63, 3.8) is 0 Å². The van der Waals surface area contributed by atoms with Crippen molar-refractivity contribution in [2.75, 3.05) is 25.1 Å². The van der Waals surface area contributed by atoms with Gasteiger partial charge in [0.15, 0.2) is 0 Å². The van der Waals surface area contributed by atoms with E-state index in [1.54, 1.807) is 11.8 Å². The van der Waals surface area contributed by atoms with Crippen LogP contribution in [0, 0.1) is 0 Å². The Kier molecular flexibility index (Phi) is 4.61. The smallest absolute Gasteiger partial charge is 0.407 e. The second-order valence-corrected chi connectivity index (χ2v) is 4.81. The van der Waals surface area contributed by atoms with Crippen LogP contribution in [0.15, 0.2) is 18.2 Å². The molecule has 0 aliphatic carbocycles. The highest BCUT2D eigenvalue weighted by atomic mass is 16.5. The zero-order valence-electron chi connectivity index (χ0n) is 11.9. The van der Waals surface area contributed by atoms with E-state index >= 15 is 0 Å². The SMILES string of the molecule is CCOC(=O)NCCc1ccc2c(c1)CCC(=O)N2C. The van der Waals surface area contributed by atoms with Crippen LogP contribution in [0.5, 0.6) is 0 Å². The van der Waals surface area contributed by atoms with Gasteiger partial charge in [0.05, 0.1) is 6.61 Å². The van der Waals surface area contributed by atoms with Gasteiger partial charge in [0, 0.05) is 25.7 Å². The molecule has 2 amide bonds. The summed E-state index contributed by atoms with van der Waals surface area (Å²) >= 11 is 0. The summed E-state index contributed by atoms with van der Waals surface area (Å²) in [6.07, 6.45) is 1.73. The summed E-state index contributed by atoms with van der Waals surface area (Å²) in [6, 6.07) is 6.10. The van der Waals surface area contributed by atoms with E-state index < -0.39 is 0 Å². The number of fused-ring (bicyclic) bond motifs is 1. The third-order valence-corrected chi connectivity index (χ3v) is 3.45. The quantitative estimate of drug-likeness (QED) is 0.913. The van der Waals surface area contributed by atoms with Crippen LogP contribution in [0.4, 0.5) is 10.5 Å². The fourth-order valence-electron chi connectivity index (χ4n) is 2.36. The minimum atomic E-state index is -0.379. The lowest BCUT2D eigenvalue weighted by molar-refractivity contribution is -0.118. The topological polar surface area (TPSA) is 58.6 Å². The van der Waals surface area contributed by atoms with Gasteiger partial charge in [-0.25, -0.2) is 4.79 Å². The molecule has 1 aromatic carbocycles. The number of rotatable bonds is 4. The first-order valence-electron chi connectivity index (χ1n) is 6.90. The van der Waals surface area contributed by atoms with Gasteiger partial charge in [0.1, 0.15) is 0 Å². The van der Waals surface area contributed by atoms with E-state index in [0.29, 0.717) is 19.6 Å². The molecule has 0 radical (unpaired) electrons. The summed E-state index contributed by atoms with van der Waals surface area (Å²) < 4.78 is 4.80. The zero-order valence-corrected chi connectivity index (χ0v) is 11.9. The molecule has 2 rings (SSSR count). The number of nitrogens with one attached hydrogen (secondary N) is 1. The molecule has 20 heavy (non-hydrogen) atoms. The normalized spacial score (nSPS) is 13.9. The van der Waals surface area contributed by atoms with Crippen LogP contribution in [0.2, 0.25) is 0 Å². The number of benzene rings is 1. The standard InChI is InChI=1S/C15H20N2O3/c1-3-20-15(19)16-9-8-11-4-6-13-12(10-11)5-7-14(18)17(13)2/h4,6,10H,3,5,7-9H2,1-2H3,(H,16,19). The molecule has 1 heterocycles. The summed E-state index contributed by atoms with van der Waals surface area (Å²) in [7, 11) is 1.81. The van der Waals surface area contributed by atoms with E-state index in [1.807, 2.05) is 19.2 Å². The highest BCUT2D eigenvalue weighted by Gasteiger charge is 2.20. The molecule has 0 aromatic heterocycles. The third kappa shape index (κ3) is 3.29. The van der Waals surface area contributed by atoms with Crippen molar-refractivity contribution < 1.29 is 14.3 Å². The van der Waals surface area contributed by atoms with E-state index in [2.05, 4.69) is 11.4 Å². The zero-order chi connectivity index (χ0) is 14.5. The summed E-state index contributed by atoms with van der Waals surface area (Å²) in [5.74, 6) is 0.161. The molecule has 1 aliphatic heterocycles. The van der Waals surface area contributed by atoms with Gasteiger partial charge in [-0.3, -0.25) is 4.79 Å². The highest BCUT2D eigenvalue weighted by molar-refractivity contribution is 5.95. The van der Waals surface area contributed by atoms with E-state index in [1.165, 1.54) is 5.56 Å². The van der Waals surface area contributed by atoms with Crippen LogP contribution in [0.1, 0.15) is 24.5 Å². The number of aryl methyl sites for hydroxylation is 1. The number of carbonyl (C=O) groups is 2. The summed E-state index contributed by atoms with van der Waals surface area (Å²) in [5, 5.41) is 2.70. The number of alkyl carbamates (subject to hydrolysis) is 1. The van der Waals surface area contributed by atoms with Gasteiger partial charge in [0.2, 0.25) is 5.91 Å². The number of anilines is 1. The third-order valence-electron chi connectivity index (χ3n) is 3.45. The van der Waals surface area contributed by atoms with Crippen molar-refractivity contribution in [1.82, 2.24) is 5.32 Å². The minimum absolute atomic E-state index is 0.161. The molecule has 0 spiro atoms. The molecule has 0 unspecified atom stereocenters. The molecular weight excluding hydrogens is 256 g/mol. The Morgan fingerprint density at radius 1 is 1.40 bits per heavy atom. The number of carbonyl (C=O) groups excluding carboxylic acids is 2. The molecule has 0 saturated carbocycles. The van der Waals surface area contributed by atoms with E-state index in [0.717, 1.165) is 24.1 Å². The maximum absolute atomic E-state index is 11.6. The van der Waals surface area contributed by atoms with Crippen LogP contribution in [-0.2, 0) is 22.4 Å². The van der Waals surface area contributed by atoms with Crippen molar-refractivity contribution in [2.24, 2.45) is 0 Å². The first-order valence-corrected chi connectivity index (χ1v) is 6.90. The Labute approximate surface area is 118 Å². The Morgan fingerprint density at radius 2 is 2.20 bits per heavy atom. The monoisotopic (exact) mass is 276 g/mol. The van der Waals surface area contributed by atoms with E-state index in [-0.39, 0.29) is 12.0 Å². The molecule has 1 N–H and O–H groups in total. The van der Waals surface area contributed by atoms with Gasteiger partial charge in [-0.2, -0.15) is 0 Å². The fraction of sp³-hybridized carbons (Fsp3) is 0.467. The first kappa shape index (κ1) is 14.4. The average molecular weight is 276 g/mol. The maximum atomic E-state index is 11.6. The van der Waals surface area contributed by atoms with Crippen LogP contribution >= 0.6 is 0 Å². The van der Waals surface area contributed by atoms with Crippen LogP contribution in [-0.4, -0.2) is 32.2 Å². The predicted molar refractivity (Wildman–Crippen MR) is 76.9 cm³/mol. The van der Waals surface area contributed by atoms with Gasteiger partial charge in [-0.05, 0) is 37.0 Å². The first-order chi connectivity index (χ1) is 9.61. The van der Waals surface area contributed by atoms with Gasteiger partial charge < -0.3 is 15.0 Å². The van der Waals surface area contributed by atoms with Crippen molar-refractivity contribution in [1.29, 1.82) is 0 Å². The van der Waals surface area contributed by atoms with Crippen LogP contribution in [0.3, 0.4) is 0 Å².